The van der Waals surface area contributed by atoms with Crippen LogP contribution in [-0.4, -0.2) is 44.3 Å². The maximum absolute atomic E-state index is 5.46. The highest BCUT2D eigenvalue weighted by Crippen LogP contribution is 2.21. The van der Waals surface area contributed by atoms with Crippen LogP contribution in [0.15, 0.2) is 53.7 Å². The Bertz CT molecular complexity index is 689. The second-order valence-corrected chi connectivity index (χ2v) is 5.83. The van der Waals surface area contributed by atoms with Crippen molar-refractivity contribution in [3.8, 4) is 0 Å². The van der Waals surface area contributed by atoms with Gasteiger partial charge in [0.2, 0.25) is 0 Å². The van der Waals surface area contributed by atoms with E-state index in [0.29, 0.717) is 6.54 Å². The van der Waals surface area contributed by atoms with Gasteiger partial charge in [-0.15, -0.1) is 24.0 Å². The van der Waals surface area contributed by atoms with E-state index in [1.54, 1.807) is 13.2 Å². The third kappa shape index (κ3) is 5.84. The number of hydrogen-bond donors (Lipinski definition) is 2. The number of aromatic nitrogens is 1. The van der Waals surface area contributed by atoms with E-state index < -0.39 is 0 Å². The molecule has 0 saturated carbocycles. The van der Waals surface area contributed by atoms with Gasteiger partial charge in [0.1, 0.15) is 0 Å². The normalized spacial score (nSPS) is 14.5. The minimum atomic E-state index is 0. The number of nitrogens with zero attached hydrogens (tertiary/aromatic N) is 3. The molecule has 1 aliphatic rings. The van der Waals surface area contributed by atoms with Gasteiger partial charge < -0.3 is 20.3 Å². The highest BCUT2D eigenvalue weighted by Gasteiger charge is 2.14. The van der Waals surface area contributed by atoms with Gasteiger partial charge in [-0.05, 0) is 23.8 Å². The zero-order chi connectivity index (χ0) is 17.3. The Hall–Kier alpha value is -1.87. The molecule has 1 fully saturated rings. The summed E-state index contributed by atoms with van der Waals surface area (Å²) in [5.41, 5.74) is 3.50. The van der Waals surface area contributed by atoms with Gasteiger partial charge in [0.15, 0.2) is 5.96 Å². The van der Waals surface area contributed by atoms with Crippen LogP contribution < -0.4 is 15.5 Å². The van der Waals surface area contributed by atoms with Crippen LogP contribution in [0.3, 0.4) is 0 Å². The van der Waals surface area contributed by atoms with Crippen LogP contribution in [0, 0.1) is 0 Å². The Morgan fingerprint density at radius 1 is 1.08 bits per heavy atom. The average molecular weight is 467 g/mol. The summed E-state index contributed by atoms with van der Waals surface area (Å²) in [7, 11) is 1.78. The summed E-state index contributed by atoms with van der Waals surface area (Å²) in [6.07, 6.45) is 1.80. The third-order valence-corrected chi connectivity index (χ3v) is 4.18. The fraction of sp³-hybridized carbons (Fsp3) is 0.368. The van der Waals surface area contributed by atoms with Crippen LogP contribution in [0.5, 0.6) is 0 Å². The summed E-state index contributed by atoms with van der Waals surface area (Å²) >= 11 is 0. The molecule has 0 bridgehead atoms. The first-order chi connectivity index (χ1) is 12.4. The van der Waals surface area contributed by atoms with Crippen LogP contribution in [-0.2, 0) is 17.8 Å². The Morgan fingerprint density at radius 3 is 2.54 bits per heavy atom. The molecule has 2 N–H and O–H groups in total. The first-order valence-electron chi connectivity index (χ1n) is 8.62. The first-order valence-corrected chi connectivity index (χ1v) is 8.62. The van der Waals surface area contributed by atoms with Crippen LogP contribution in [0.2, 0.25) is 0 Å². The minimum Gasteiger partial charge on any atom is -0.378 e. The molecule has 1 aromatic carbocycles. The molecule has 7 heteroatoms. The van der Waals surface area contributed by atoms with Crippen LogP contribution >= 0.6 is 24.0 Å². The molecule has 2 aromatic rings. The van der Waals surface area contributed by atoms with E-state index in [1.807, 2.05) is 18.2 Å². The Morgan fingerprint density at radius 2 is 1.81 bits per heavy atom. The smallest absolute Gasteiger partial charge is 0.191 e. The van der Waals surface area contributed by atoms with Crippen molar-refractivity contribution < 1.29 is 4.74 Å². The van der Waals surface area contributed by atoms with Crippen molar-refractivity contribution in [1.82, 2.24) is 15.6 Å². The Balaban J connectivity index is 0.00000243. The van der Waals surface area contributed by atoms with Gasteiger partial charge in [-0.3, -0.25) is 9.98 Å². The van der Waals surface area contributed by atoms with E-state index in [0.717, 1.165) is 44.5 Å². The number of ether oxygens (including phenoxy) is 1. The van der Waals surface area contributed by atoms with Gasteiger partial charge in [0, 0.05) is 38.6 Å². The standard InChI is InChI=1S/C19H25N5O.HI/c1-20-19(23-15-17-7-4-5-9-21-17)22-14-16-6-2-3-8-18(16)24-10-12-25-13-11-24;/h2-9H,10-15H2,1H3,(H2,20,22,23);1H. The molecule has 1 aliphatic heterocycles. The molecule has 0 unspecified atom stereocenters. The van der Waals surface area contributed by atoms with Gasteiger partial charge >= 0.3 is 0 Å². The summed E-state index contributed by atoms with van der Waals surface area (Å²) in [5.74, 6) is 0.766. The van der Waals surface area contributed by atoms with Gasteiger partial charge in [-0.1, -0.05) is 24.3 Å². The van der Waals surface area contributed by atoms with E-state index >= 15 is 0 Å². The lowest BCUT2D eigenvalue weighted by Gasteiger charge is -2.30. The highest BCUT2D eigenvalue weighted by atomic mass is 127. The lowest BCUT2D eigenvalue weighted by molar-refractivity contribution is 0.122. The first kappa shape index (κ1) is 20.4. The number of halogens is 1. The molecule has 0 atom stereocenters. The number of pyridine rings is 1. The molecular weight excluding hydrogens is 441 g/mol. The number of anilines is 1. The lowest BCUT2D eigenvalue weighted by Crippen LogP contribution is -2.39. The predicted molar refractivity (Wildman–Crippen MR) is 116 cm³/mol. The van der Waals surface area contributed by atoms with Crippen LogP contribution in [0.1, 0.15) is 11.3 Å². The van der Waals surface area contributed by atoms with Crippen molar-refractivity contribution in [3.05, 3.63) is 59.9 Å². The number of rotatable bonds is 5. The van der Waals surface area contributed by atoms with Crippen molar-refractivity contribution in [3.63, 3.8) is 0 Å². The zero-order valence-electron chi connectivity index (χ0n) is 15.0. The minimum absolute atomic E-state index is 0. The quantitative estimate of drug-likeness (QED) is 0.402. The van der Waals surface area contributed by atoms with Crippen molar-refractivity contribution in [2.45, 2.75) is 13.1 Å². The molecular formula is C19H26IN5O. The largest absolute Gasteiger partial charge is 0.378 e. The molecule has 140 valence electrons. The Labute approximate surface area is 172 Å². The molecule has 1 saturated heterocycles. The van der Waals surface area contributed by atoms with E-state index in [4.69, 9.17) is 4.74 Å². The fourth-order valence-electron chi connectivity index (χ4n) is 2.85. The number of benzene rings is 1. The monoisotopic (exact) mass is 467 g/mol. The highest BCUT2D eigenvalue weighted by molar-refractivity contribution is 14.0. The maximum atomic E-state index is 5.46. The number of para-hydroxylation sites is 1. The summed E-state index contributed by atoms with van der Waals surface area (Å²) in [5, 5.41) is 6.69. The predicted octanol–water partition coefficient (Wildman–Crippen LogP) is 2.40. The summed E-state index contributed by atoms with van der Waals surface area (Å²) in [6.45, 7) is 4.80. The summed E-state index contributed by atoms with van der Waals surface area (Å²) in [4.78, 5) is 11.0. The number of morpholine rings is 1. The average Bonchev–Trinajstić information content (AvgIpc) is 2.70. The number of guanidine groups is 1. The third-order valence-electron chi connectivity index (χ3n) is 4.18. The number of hydrogen-bond acceptors (Lipinski definition) is 4. The van der Waals surface area contributed by atoms with Crippen LogP contribution in [0.4, 0.5) is 5.69 Å². The molecule has 0 radical (unpaired) electrons. The molecule has 2 heterocycles. The molecule has 0 aliphatic carbocycles. The van der Waals surface area contributed by atoms with E-state index in [-0.39, 0.29) is 24.0 Å². The fourth-order valence-corrected chi connectivity index (χ4v) is 2.85. The number of aliphatic imine (C=N–C) groups is 1. The molecule has 6 nitrogen and oxygen atoms in total. The topological polar surface area (TPSA) is 61.8 Å². The zero-order valence-corrected chi connectivity index (χ0v) is 17.3. The van der Waals surface area contributed by atoms with Crippen molar-refractivity contribution >= 4 is 35.6 Å². The number of nitrogens with one attached hydrogen (secondary N) is 2. The second-order valence-electron chi connectivity index (χ2n) is 5.83. The second kappa shape index (κ2) is 11.0. The van der Waals surface area contributed by atoms with Gasteiger partial charge in [-0.2, -0.15) is 0 Å². The Kier molecular flexibility index (Phi) is 8.63. The molecule has 26 heavy (non-hydrogen) atoms. The summed E-state index contributed by atoms with van der Waals surface area (Å²) < 4.78 is 5.46. The van der Waals surface area contributed by atoms with E-state index in [2.05, 4.69) is 49.8 Å². The van der Waals surface area contributed by atoms with Crippen molar-refractivity contribution in [1.29, 1.82) is 0 Å². The van der Waals surface area contributed by atoms with Crippen molar-refractivity contribution in [2.75, 3.05) is 38.3 Å². The van der Waals surface area contributed by atoms with Gasteiger partial charge in [0.25, 0.3) is 0 Å². The lowest BCUT2D eigenvalue weighted by atomic mass is 10.1. The molecule has 0 spiro atoms. The molecule has 3 rings (SSSR count). The van der Waals surface area contributed by atoms with Gasteiger partial charge in [0.05, 0.1) is 25.5 Å². The van der Waals surface area contributed by atoms with Crippen molar-refractivity contribution in [2.24, 2.45) is 4.99 Å². The van der Waals surface area contributed by atoms with E-state index in [1.165, 1.54) is 11.3 Å². The molecule has 1 aromatic heterocycles. The molecule has 0 amide bonds. The maximum Gasteiger partial charge on any atom is 0.191 e. The van der Waals surface area contributed by atoms with Gasteiger partial charge in [-0.25, -0.2) is 0 Å². The van der Waals surface area contributed by atoms with Crippen LogP contribution in [0.25, 0.3) is 0 Å². The van der Waals surface area contributed by atoms with E-state index in [9.17, 15) is 0 Å². The SMILES string of the molecule is CN=C(NCc1ccccn1)NCc1ccccc1N1CCOCC1.I. The summed E-state index contributed by atoms with van der Waals surface area (Å²) in [6, 6.07) is 14.4.